The van der Waals surface area contributed by atoms with E-state index >= 15 is 0 Å². The SMILES string of the molecule is Cc1nn(C)c(C)c1C(=O)C(=O)Nc1ccc2nc(C(C)C)sc2c1. The first kappa shape index (κ1) is 17.3. The Kier molecular flexibility index (Phi) is 4.43. The molecule has 0 bridgehead atoms. The smallest absolute Gasteiger partial charge is 0.296 e. The lowest BCUT2D eigenvalue weighted by Crippen LogP contribution is -2.24. The maximum Gasteiger partial charge on any atom is 0.296 e. The van der Waals surface area contributed by atoms with Crippen molar-refractivity contribution >= 4 is 38.9 Å². The topological polar surface area (TPSA) is 76.9 Å². The van der Waals surface area contributed by atoms with Crippen LogP contribution in [0.1, 0.15) is 46.5 Å². The van der Waals surface area contributed by atoms with Gasteiger partial charge in [-0.1, -0.05) is 13.8 Å². The lowest BCUT2D eigenvalue weighted by molar-refractivity contribution is -0.112. The van der Waals surface area contributed by atoms with E-state index in [4.69, 9.17) is 0 Å². The second-order valence-corrected chi connectivity index (χ2v) is 7.40. The normalized spacial score (nSPS) is 11.3. The molecule has 2 heterocycles. The number of aromatic nitrogens is 3. The van der Waals surface area contributed by atoms with E-state index in [0.29, 0.717) is 28.6 Å². The molecule has 3 aromatic rings. The van der Waals surface area contributed by atoms with E-state index < -0.39 is 11.7 Å². The fourth-order valence-corrected chi connectivity index (χ4v) is 3.68. The third-order valence-electron chi connectivity index (χ3n) is 4.10. The molecule has 0 atom stereocenters. The summed E-state index contributed by atoms with van der Waals surface area (Å²) >= 11 is 1.60. The Balaban J connectivity index is 1.85. The zero-order valence-corrected chi connectivity index (χ0v) is 15.7. The van der Waals surface area contributed by atoms with Gasteiger partial charge >= 0.3 is 0 Å². The number of hydrogen-bond donors (Lipinski definition) is 1. The highest BCUT2D eigenvalue weighted by molar-refractivity contribution is 7.18. The van der Waals surface area contributed by atoms with E-state index in [9.17, 15) is 9.59 Å². The van der Waals surface area contributed by atoms with Crippen LogP contribution in [0.15, 0.2) is 18.2 Å². The number of fused-ring (bicyclic) bond motifs is 1. The average molecular weight is 356 g/mol. The molecule has 0 radical (unpaired) electrons. The van der Waals surface area contributed by atoms with Gasteiger partial charge in [0.1, 0.15) is 0 Å². The van der Waals surface area contributed by atoms with Crippen molar-refractivity contribution < 1.29 is 9.59 Å². The lowest BCUT2D eigenvalue weighted by Gasteiger charge is -2.05. The van der Waals surface area contributed by atoms with E-state index in [1.54, 1.807) is 43.0 Å². The predicted molar refractivity (Wildman–Crippen MR) is 99.4 cm³/mol. The summed E-state index contributed by atoms with van der Waals surface area (Å²) < 4.78 is 2.59. The van der Waals surface area contributed by atoms with Crippen molar-refractivity contribution in [1.82, 2.24) is 14.8 Å². The standard InChI is InChI=1S/C18H20N4O2S/c1-9(2)18-20-13-7-6-12(8-14(13)25-18)19-17(24)16(23)15-10(3)21-22(5)11(15)4/h6-9H,1-5H3,(H,19,24). The number of carbonyl (C=O) groups is 2. The molecule has 0 unspecified atom stereocenters. The number of amides is 1. The fraction of sp³-hybridized carbons (Fsp3) is 0.333. The molecule has 0 spiro atoms. The molecule has 0 aliphatic carbocycles. The summed E-state index contributed by atoms with van der Waals surface area (Å²) in [7, 11) is 1.75. The third-order valence-corrected chi connectivity index (χ3v) is 5.42. The molecule has 7 heteroatoms. The molecule has 0 saturated heterocycles. The maximum absolute atomic E-state index is 12.5. The van der Waals surface area contributed by atoms with Gasteiger partial charge in [0.05, 0.1) is 26.5 Å². The molecular formula is C18H20N4O2S. The van der Waals surface area contributed by atoms with Crippen molar-refractivity contribution in [3.05, 3.63) is 40.2 Å². The summed E-state index contributed by atoms with van der Waals surface area (Å²) in [4.78, 5) is 29.4. The molecular weight excluding hydrogens is 336 g/mol. The minimum absolute atomic E-state index is 0.355. The van der Waals surface area contributed by atoms with Gasteiger partial charge < -0.3 is 5.32 Å². The Morgan fingerprint density at radius 2 is 1.96 bits per heavy atom. The van der Waals surface area contributed by atoms with Gasteiger partial charge in [-0.3, -0.25) is 14.3 Å². The first-order valence-electron chi connectivity index (χ1n) is 8.04. The molecule has 0 saturated carbocycles. The third kappa shape index (κ3) is 3.19. The van der Waals surface area contributed by atoms with E-state index in [1.807, 2.05) is 12.1 Å². The van der Waals surface area contributed by atoms with Gasteiger partial charge in [0.25, 0.3) is 11.7 Å². The molecule has 0 aliphatic heterocycles. The zero-order chi connectivity index (χ0) is 18.3. The Labute approximate surface area is 149 Å². The lowest BCUT2D eigenvalue weighted by atomic mass is 10.1. The van der Waals surface area contributed by atoms with Crippen LogP contribution < -0.4 is 5.32 Å². The molecule has 2 aromatic heterocycles. The molecule has 1 N–H and O–H groups in total. The van der Waals surface area contributed by atoms with Crippen molar-refractivity contribution in [2.75, 3.05) is 5.32 Å². The van der Waals surface area contributed by atoms with Crippen LogP contribution in [0.3, 0.4) is 0 Å². The van der Waals surface area contributed by atoms with Crippen molar-refractivity contribution in [2.24, 2.45) is 7.05 Å². The molecule has 0 fully saturated rings. The Hall–Kier alpha value is -2.54. The molecule has 1 aromatic carbocycles. The second-order valence-electron chi connectivity index (χ2n) is 6.34. The Bertz CT molecular complexity index is 985. The van der Waals surface area contributed by atoms with Gasteiger partial charge in [-0.15, -0.1) is 11.3 Å². The number of aryl methyl sites for hydroxylation is 2. The summed E-state index contributed by atoms with van der Waals surface area (Å²) in [6, 6.07) is 5.48. The van der Waals surface area contributed by atoms with Crippen molar-refractivity contribution in [1.29, 1.82) is 0 Å². The predicted octanol–water partition coefficient (Wildman–Crippen LogP) is 3.59. The van der Waals surface area contributed by atoms with Crippen LogP contribution in [0.25, 0.3) is 10.2 Å². The molecule has 6 nitrogen and oxygen atoms in total. The Morgan fingerprint density at radius 3 is 2.56 bits per heavy atom. The van der Waals surface area contributed by atoms with Crippen molar-refractivity contribution in [3.8, 4) is 0 Å². The minimum atomic E-state index is -0.660. The molecule has 1 amide bonds. The first-order chi connectivity index (χ1) is 11.8. The number of rotatable bonds is 4. The highest BCUT2D eigenvalue weighted by atomic mass is 32.1. The number of anilines is 1. The number of carbonyl (C=O) groups excluding carboxylic acids is 2. The summed E-state index contributed by atoms with van der Waals surface area (Å²) in [6.07, 6.45) is 0. The van der Waals surface area contributed by atoms with Crippen LogP contribution in [0.4, 0.5) is 5.69 Å². The number of nitrogens with one attached hydrogen (secondary N) is 1. The molecule has 3 rings (SSSR count). The Morgan fingerprint density at radius 1 is 1.24 bits per heavy atom. The fourth-order valence-electron chi connectivity index (χ4n) is 2.67. The number of nitrogens with zero attached hydrogens (tertiary/aromatic N) is 3. The van der Waals surface area contributed by atoms with Crippen LogP contribution in [-0.4, -0.2) is 26.5 Å². The van der Waals surface area contributed by atoms with Gasteiger partial charge in [0, 0.05) is 24.3 Å². The van der Waals surface area contributed by atoms with Gasteiger partial charge in [-0.05, 0) is 32.0 Å². The minimum Gasteiger partial charge on any atom is -0.319 e. The van der Waals surface area contributed by atoms with Crippen molar-refractivity contribution in [2.45, 2.75) is 33.6 Å². The molecule has 25 heavy (non-hydrogen) atoms. The van der Waals surface area contributed by atoms with Gasteiger partial charge in [0.2, 0.25) is 0 Å². The van der Waals surface area contributed by atoms with Gasteiger partial charge in [0.15, 0.2) is 0 Å². The number of Topliss-reactive ketones (excluding diaryl/α,β-unsaturated/α-hetero) is 1. The molecule has 130 valence electrons. The summed E-state index contributed by atoms with van der Waals surface area (Å²) in [5.41, 5.74) is 3.08. The monoisotopic (exact) mass is 356 g/mol. The quantitative estimate of drug-likeness (QED) is 0.572. The van der Waals surface area contributed by atoms with Crippen LogP contribution in [0.5, 0.6) is 0 Å². The van der Waals surface area contributed by atoms with E-state index in [0.717, 1.165) is 15.2 Å². The van der Waals surface area contributed by atoms with Gasteiger partial charge in [-0.2, -0.15) is 5.10 Å². The number of ketones is 1. The maximum atomic E-state index is 12.5. The van der Waals surface area contributed by atoms with Gasteiger partial charge in [-0.25, -0.2) is 4.98 Å². The van der Waals surface area contributed by atoms with Crippen LogP contribution in [0.2, 0.25) is 0 Å². The van der Waals surface area contributed by atoms with E-state index in [1.165, 1.54) is 0 Å². The highest BCUT2D eigenvalue weighted by Gasteiger charge is 2.24. The largest absolute Gasteiger partial charge is 0.319 e. The van der Waals surface area contributed by atoms with Crippen LogP contribution >= 0.6 is 11.3 Å². The number of hydrogen-bond acceptors (Lipinski definition) is 5. The number of thiazole rings is 1. The van der Waals surface area contributed by atoms with Crippen LogP contribution in [0, 0.1) is 13.8 Å². The highest BCUT2D eigenvalue weighted by Crippen LogP contribution is 2.29. The summed E-state index contributed by atoms with van der Waals surface area (Å²) in [5, 5.41) is 7.93. The van der Waals surface area contributed by atoms with Crippen LogP contribution in [-0.2, 0) is 11.8 Å². The average Bonchev–Trinajstić information content (AvgIpc) is 3.08. The zero-order valence-electron chi connectivity index (χ0n) is 14.9. The summed E-state index contributed by atoms with van der Waals surface area (Å²) in [5.74, 6) is -0.879. The molecule has 0 aliphatic rings. The number of benzene rings is 1. The first-order valence-corrected chi connectivity index (χ1v) is 8.86. The van der Waals surface area contributed by atoms with E-state index in [-0.39, 0.29) is 0 Å². The van der Waals surface area contributed by atoms with Crippen molar-refractivity contribution in [3.63, 3.8) is 0 Å². The van der Waals surface area contributed by atoms with E-state index in [2.05, 4.69) is 29.2 Å². The summed E-state index contributed by atoms with van der Waals surface area (Å²) in [6.45, 7) is 7.69. The second kappa shape index (κ2) is 6.40.